The van der Waals surface area contributed by atoms with Crippen molar-refractivity contribution in [3.8, 4) is 11.1 Å². The van der Waals surface area contributed by atoms with Crippen LogP contribution in [0, 0.1) is 0 Å². The predicted octanol–water partition coefficient (Wildman–Crippen LogP) is 6.95. The van der Waals surface area contributed by atoms with Crippen molar-refractivity contribution in [3.05, 3.63) is 72.8 Å². The number of nitrogen functional groups attached to an aromatic ring is 1. The summed E-state index contributed by atoms with van der Waals surface area (Å²) in [5, 5.41) is 7.89. The Morgan fingerprint density at radius 1 is 0.767 bits per heavy atom. The fourth-order valence-corrected chi connectivity index (χ4v) is 6.08. The van der Waals surface area contributed by atoms with Crippen LogP contribution in [-0.2, 0) is 20.9 Å². The van der Waals surface area contributed by atoms with Crippen LogP contribution in [0.15, 0.2) is 72.8 Å². The lowest BCUT2D eigenvalue weighted by Crippen LogP contribution is -2.06. The lowest BCUT2D eigenvalue weighted by atomic mass is 9.91. The number of nitrogens with two attached hydrogens (primary N) is 1. The molecule has 0 saturated heterocycles. The maximum absolute atomic E-state index is 6.55. The number of hydrogen-bond donors (Lipinski definition) is 2. The van der Waals surface area contributed by atoms with E-state index in [0.717, 1.165) is 38.4 Å². The van der Waals surface area contributed by atoms with Crippen LogP contribution in [0.1, 0.15) is 13.8 Å². The Morgan fingerprint density at radius 2 is 1.30 bits per heavy atom. The second kappa shape index (κ2) is 8.75. The Morgan fingerprint density at radius 3 is 1.90 bits per heavy atom. The normalized spacial score (nSPS) is 11.8. The fraction of sp³-hybridized carbons (Fsp3) is 0.167. The first-order valence-corrected chi connectivity index (χ1v) is 12.7. The molecule has 154 valence electrons. The third-order valence-corrected chi connectivity index (χ3v) is 7.61. The van der Waals surface area contributed by atoms with Gasteiger partial charge in [0.2, 0.25) is 0 Å². The second-order valence-electron chi connectivity index (χ2n) is 6.91. The van der Waals surface area contributed by atoms with Crippen molar-refractivity contribution < 1.29 is 9.05 Å². The van der Waals surface area contributed by atoms with Crippen molar-refractivity contribution >= 4 is 51.4 Å². The molecule has 0 aliphatic carbocycles. The molecule has 0 bridgehead atoms. The van der Waals surface area contributed by atoms with Crippen LogP contribution in [0.5, 0.6) is 0 Å². The van der Waals surface area contributed by atoms with Crippen LogP contribution in [0.2, 0.25) is 0 Å². The molecule has 0 heterocycles. The molecule has 4 aromatic carbocycles. The summed E-state index contributed by atoms with van der Waals surface area (Å²) in [7, 11) is 0. The molecule has 0 radical (unpaired) electrons. The van der Waals surface area contributed by atoms with Crippen molar-refractivity contribution in [1.82, 2.24) is 0 Å². The highest BCUT2D eigenvalue weighted by atomic mass is 32.5. The highest BCUT2D eigenvalue weighted by Gasteiger charge is 2.22. The van der Waals surface area contributed by atoms with Crippen LogP contribution in [-0.4, -0.2) is 13.2 Å². The summed E-state index contributed by atoms with van der Waals surface area (Å²) in [5.74, 6) is 0. The molecule has 6 heteroatoms. The van der Waals surface area contributed by atoms with Crippen LogP contribution in [0.3, 0.4) is 0 Å². The fourth-order valence-electron chi connectivity index (χ4n) is 3.79. The minimum atomic E-state index is -2.70. The largest absolute Gasteiger partial charge is 0.398 e. The molecule has 0 fully saturated rings. The molecule has 0 atom stereocenters. The Hall–Kier alpha value is -2.43. The van der Waals surface area contributed by atoms with E-state index in [1.165, 1.54) is 0 Å². The van der Waals surface area contributed by atoms with Crippen LogP contribution in [0.25, 0.3) is 32.7 Å². The van der Waals surface area contributed by atoms with Gasteiger partial charge in [0.05, 0.1) is 13.2 Å². The van der Waals surface area contributed by atoms with Gasteiger partial charge < -0.3 is 19.9 Å². The molecule has 0 aromatic heterocycles. The molecule has 0 spiro atoms. The summed E-state index contributed by atoms with van der Waals surface area (Å²) in [6, 6.07) is 24.7. The quantitative estimate of drug-likeness (QED) is 0.242. The monoisotopic (exact) mass is 436 g/mol. The molecule has 0 amide bonds. The zero-order chi connectivity index (χ0) is 21.1. The van der Waals surface area contributed by atoms with E-state index in [0.29, 0.717) is 18.9 Å². The van der Waals surface area contributed by atoms with Gasteiger partial charge in [-0.3, -0.25) is 0 Å². The average molecular weight is 437 g/mol. The number of anilines is 2. The zero-order valence-electron chi connectivity index (χ0n) is 17.1. The van der Waals surface area contributed by atoms with E-state index in [-0.39, 0.29) is 0 Å². The summed E-state index contributed by atoms with van der Waals surface area (Å²) >= 11 is 5.77. The van der Waals surface area contributed by atoms with Crippen molar-refractivity contribution in [3.63, 3.8) is 0 Å². The van der Waals surface area contributed by atoms with Gasteiger partial charge in [-0.05, 0) is 59.3 Å². The van der Waals surface area contributed by atoms with Gasteiger partial charge in [0.25, 0.3) is 6.64 Å². The van der Waals surface area contributed by atoms with Gasteiger partial charge in [0.15, 0.2) is 0 Å². The third kappa shape index (κ3) is 3.94. The van der Waals surface area contributed by atoms with Gasteiger partial charge in [-0.1, -0.05) is 60.7 Å². The topological polar surface area (TPSA) is 56.5 Å². The standard InChI is InChI=1S/C24H25N2O2PS/c1-3-27-29(30,28-4-2)26-22-16-14-18-10-6-8-12-20(18)24(22)23-19-11-7-5-9-17(19)13-15-21(23)25/h5-16H,3-4,25H2,1-2H3,(H,26,30). The number of benzene rings is 4. The number of nitrogens with one attached hydrogen (secondary N) is 1. The van der Waals surface area contributed by atoms with E-state index in [9.17, 15) is 0 Å². The predicted molar refractivity (Wildman–Crippen MR) is 132 cm³/mol. The number of hydrogen-bond acceptors (Lipinski definition) is 4. The molecule has 4 rings (SSSR count). The molecular formula is C24H25N2O2PS. The summed E-state index contributed by atoms with van der Waals surface area (Å²) in [6.07, 6.45) is 0. The first-order valence-electron chi connectivity index (χ1n) is 10.0. The maximum Gasteiger partial charge on any atom is 0.287 e. The van der Waals surface area contributed by atoms with Gasteiger partial charge in [-0.15, -0.1) is 0 Å². The Bertz CT molecular complexity index is 1250. The third-order valence-electron chi connectivity index (χ3n) is 5.00. The van der Waals surface area contributed by atoms with E-state index < -0.39 is 6.64 Å². The van der Waals surface area contributed by atoms with E-state index in [4.69, 9.17) is 26.6 Å². The lowest BCUT2D eigenvalue weighted by molar-refractivity contribution is 0.271. The van der Waals surface area contributed by atoms with Gasteiger partial charge in [-0.2, -0.15) is 0 Å². The van der Waals surface area contributed by atoms with E-state index in [2.05, 4.69) is 41.5 Å². The first-order chi connectivity index (χ1) is 14.6. The van der Waals surface area contributed by atoms with Gasteiger partial charge in [-0.25, -0.2) is 0 Å². The zero-order valence-corrected chi connectivity index (χ0v) is 18.8. The number of rotatable bonds is 7. The van der Waals surface area contributed by atoms with Crippen molar-refractivity contribution in [2.24, 2.45) is 0 Å². The molecule has 0 unspecified atom stereocenters. The molecule has 0 saturated carbocycles. The second-order valence-corrected chi connectivity index (χ2v) is 10.1. The maximum atomic E-state index is 6.55. The van der Waals surface area contributed by atoms with E-state index in [1.54, 1.807) is 0 Å². The SMILES string of the molecule is CCOP(=S)(Nc1ccc2ccccc2c1-c1c(N)ccc2ccccc12)OCC. The summed E-state index contributed by atoms with van der Waals surface area (Å²) in [5.41, 5.74) is 10.1. The average Bonchev–Trinajstić information content (AvgIpc) is 2.74. The van der Waals surface area contributed by atoms with Gasteiger partial charge >= 0.3 is 0 Å². The van der Waals surface area contributed by atoms with Crippen LogP contribution in [0.4, 0.5) is 11.4 Å². The van der Waals surface area contributed by atoms with Crippen LogP contribution >= 0.6 is 6.64 Å². The lowest BCUT2D eigenvalue weighted by Gasteiger charge is -2.25. The number of fused-ring (bicyclic) bond motifs is 2. The smallest absolute Gasteiger partial charge is 0.287 e. The van der Waals surface area contributed by atoms with Gasteiger partial charge in [0.1, 0.15) is 0 Å². The highest BCUT2D eigenvalue weighted by Crippen LogP contribution is 2.52. The summed E-state index contributed by atoms with van der Waals surface area (Å²) in [6.45, 7) is 2.10. The Labute approximate surface area is 182 Å². The molecule has 0 aliphatic heterocycles. The van der Waals surface area contributed by atoms with Crippen molar-refractivity contribution in [2.75, 3.05) is 24.0 Å². The Balaban J connectivity index is 2.03. The van der Waals surface area contributed by atoms with Crippen molar-refractivity contribution in [1.29, 1.82) is 0 Å². The van der Waals surface area contributed by atoms with E-state index in [1.807, 2.05) is 50.2 Å². The summed E-state index contributed by atoms with van der Waals surface area (Å²) in [4.78, 5) is 0. The molecule has 3 N–H and O–H groups in total. The van der Waals surface area contributed by atoms with Crippen molar-refractivity contribution in [2.45, 2.75) is 13.8 Å². The first kappa shape index (κ1) is 20.8. The minimum absolute atomic E-state index is 0.476. The summed E-state index contributed by atoms with van der Waals surface area (Å²) < 4.78 is 11.7. The minimum Gasteiger partial charge on any atom is -0.398 e. The van der Waals surface area contributed by atoms with E-state index >= 15 is 0 Å². The molecule has 4 nitrogen and oxygen atoms in total. The molecule has 30 heavy (non-hydrogen) atoms. The van der Waals surface area contributed by atoms with Gasteiger partial charge in [0, 0.05) is 22.5 Å². The molecule has 4 aromatic rings. The molecular weight excluding hydrogens is 411 g/mol. The van der Waals surface area contributed by atoms with Crippen LogP contribution < -0.4 is 10.8 Å². The Kier molecular flexibility index (Phi) is 6.07. The highest BCUT2D eigenvalue weighted by molar-refractivity contribution is 8.10. The molecule has 0 aliphatic rings.